The van der Waals surface area contributed by atoms with Gasteiger partial charge >= 0.3 is 5.97 Å². The fraction of sp³-hybridized carbons (Fsp3) is 0.786. The highest BCUT2D eigenvalue weighted by molar-refractivity contribution is 6.70. The maximum Gasteiger partial charge on any atom is 0.328 e. The summed E-state index contributed by atoms with van der Waals surface area (Å²) >= 11 is 0. The number of carbonyl (C=O) groups excluding carboxylic acids is 1. The lowest BCUT2D eigenvalue weighted by Gasteiger charge is -2.35. The fourth-order valence-corrected chi connectivity index (χ4v) is 3.78. The van der Waals surface area contributed by atoms with Crippen molar-refractivity contribution >= 4 is 14.3 Å². The van der Waals surface area contributed by atoms with E-state index >= 15 is 0 Å². The first-order valence-corrected chi connectivity index (χ1v) is 10.5. The molecule has 114 valence electrons. The summed E-state index contributed by atoms with van der Waals surface area (Å²) < 4.78 is 16.9. The van der Waals surface area contributed by atoms with Gasteiger partial charge in [0.25, 0.3) is 0 Å². The van der Waals surface area contributed by atoms with Gasteiger partial charge in [-0.1, -0.05) is 6.92 Å². The Morgan fingerprint density at radius 1 is 1.50 bits per heavy atom. The third kappa shape index (κ3) is 2.52. The Morgan fingerprint density at radius 3 is 2.65 bits per heavy atom. The van der Waals surface area contributed by atoms with E-state index in [1.165, 1.54) is 0 Å². The minimum absolute atomic E-state index is 0.000301. The predicted octanol–water partition coefficient (Wildman–Crippen LogP) is 1.96. The van der Waals surface area contributed by atoms with E-state index in [4.69, 9.17) is 13.9 Å². The Balaban J connectivity index is 2.27. The number of methoxy groups -OCH3 is 1. The van der Waals surface area contributed by atoms with E-state index < -0.39 is 13.9 Å². The highest BCUT2D eigenvalue weighted by Gasteiger charge is 2.68. The zero-order valence-corrected chi connectivity index (χ0v) is 14.2. The molecule has 0 N–H and O–H groups in total. The summed E-state index contributed by atoms with van der Waals surface area (Å²) in [5, 5.41) is 0. The normalized spacial score (nSPS) is 35.9. The molecule has 1 unspecified atom stereocenters. The molecule has 0 aromatic carbocycles. The molecule has 5 nitrogen and oxygen atoms in total. The van der Waals surface area contributed by atoms with Crippen LogP contribution in [0.3, 0.4) is 0 Å². The largest absolute Gasteiger partial charge is 0.547 e. The molecule has 0 saturated carbocycles. The van der Waals surface area contributed by atoms with Gasteiger partial charge in [-0.05, 0) is 32.6 Å². The Morgan fingerprint density at radius 2 is 2.15 bits per heavy atom. The van der Waals surface area contributed by atoms with Gasteiger partial charge in [0.1, 0.15) is 11.8 Å². The summed E-state index contributed by atoms with van der Waals surface area (Å²) in [7, 11) is -0.0702. The van der Waals surface area contributed by atoms with Crippen LogP contribution in [-0.4, -0.2) is 51.2 Å². The topological polar surface area (TPSA) is 47.8 Å². The van der Waals surface area contributed by atoms with Crippen molar-refractivity contribution in [3.63, 3.8) is 0 Å². The SMILES string of the molecule is CCOC(=O)[C@@]12CN1[C@H](OC)C=C(O[Si](C)(C)C)[C@@H]2C. The molecule has 2 aliphatic rings. The maximum atomic E-state index is 12.4. The number of hydrogen-bond donors (Lipinski definition) is 0. The zero-order chi connectivity index (χ0) is 15.1. The lowest BCUT2D eigenvalue weighted by Crippen LogP contribution is -2.46. The first-order chi connectivity index (χ1) is 9.26. The van der Waals surface area contributed by atoms with Crippen LogP contribution in [-0.2, 0) is 18.7 Å². The molecule has 0 aliphatic carbocycles. The molecule has 2 aliphatic heterocycles. The molecular formula is C14H25NO4Si. The summed E-state index contributed by atoms with van der Waals surface area (Å²) in [5.74, 6) is 0.705. The number of esters is 1. The quantitative estimate of drug-likeness (QED) is 0.441. The van der Waals surface area contributed by atoms with Crippen molar-refractivity contribution < 1.29 is 18.7 Å². The van der Waals surface area contributed by atoms with Crippen molar-refractivity contribution in [2.45, 2.75) is 45.3 Å². The molecule has 0 amide bonds. The highest BCUT2D eigenvalue weighted by atomic mass is 28.4. The van der Waals surface area contributed by atoms with Crippen molar-refractivity contribution in [3.8, 4) is 0 Å². The standard InChI is InChI=1S/C14H25NO4Si/c1-7-18-13(16)14-9-15(14)12(17-3)8-11(10(14)2)19-20(4,5)6/h8,10,12H,7,9H2,1-6H3/t10-,12+,14-,15?/m0/s1. The maximum absolute atomic E-state index is 12.4. The smallest absolute Gasteiger partial charge is 0.328 e. The molecule has 0 aromatic rings. The number of hydrogen-bond acceptors (Lipinski definition) is 5. The van der Waals surface area contributed by atoms with Crippen molar-refractivity contribution in [1.29, 1.82) is 0 Å². The van der Waals surface area contributed by atoms with Gasteiger partial charge in [-0.15, -0.1) is 0 Å². The molecule has 0 bridgehead atoms. The van der Waals surface area contributed by atoms with Crippen LogP contribution in [0.2, 0.25) is 19.6 Å². The number of carbonyl (C=O) groups is 1. The molecule has 4 atom stereocenters. The second-order valence-corrected chi connectivity index (χ2v) is 10.8. The summed E-state index contributed by atoms with van der Waals surface area (Å²) in [4.78, 5) is 14.4. The van der Waals surface area contributed by atoms with E-state index in [0.29, 0.717) is 13.2 Å². The lowest BCUT2D eigenvalue weighted by molar-refractivity contribution is -0.151. The van der Waals surface area contributed by atoms with E-state index in [-0.39, 0.29) is 18.1 Å². The third-order valence-corrected chi connectivity index (χ3v) is 4.72. The van der Waals surface area contributed by atoms with Crippen molar-refractivity contribution in [2.75, 3.05) is 20.3 Å². The van der Waals surface area contributed by atoms with E-state index in [1.54, 1.807) is 7.11 Å². The van der Waals surface area contributed by atoms with Gasteiger partial charge in [0.15, 0.2) is 0 Å². The van der Waals surface area contributed by atoms with Crippen molar-refractivity contribution in [1.82, 2.24) is 4.90 Å². The van der Waals surface area contributed by atoms with Gasteiger partial charge in [0, 0.05) is 19.6 Å². The molecular weight excluding hydrogens is 274 g/mol. The van der Waals surface area contributed by atoms with Crippen molar-refractivity contribution in [2.24, 2.45) is 5.92 Å². The third-order valence-electron chi connectivity index (χ3n) is 3.87. The first kappa shape index (κ1) is 15.5. The summed E-state index contributed by atoms with van der Waals surface area (Å²) in [6.07, 6.45) is 1.79. The first-order valence-electron chi connectivity index (χ1n) is 7.13. The van der Waals surface area contributed by atoms with Crippen LogP contribution in [0.15, 0.2) is 11.8 Å². The molecule has 1 fully saturated rings. The second-order valence-electron chi connectivity index (χ2n) is 6.40. The van der Waals surface area contributed by atoms with Gasteiger partial charge in [-0.3, -0.25) is 4.90 Å². The summed E-state index contributed by atoms with van der Waals surface area (Å²) in [6, 6.07) is 0. The fourth-order valence-electron chi connectivity index (χ4n) is 2.82. The zero-order valence-electron chi connectivity index (χ0n) is 13.2. The Labute approximate surface area is 122 Å². The second kappa shape index (κ2) is 5.16. The van der Waals surface area contributed by atoms with Gasteiger partial charge in [0.2, 0.25) is 8.32 Å². The van der Waals surface area contributed by atoms with Gasteiger partial charge in [-0.2, -0.15) is 0 Å². The molecule has 2 rings (SSSR count). The van der Waals surface area contributed by atoms with Crippen LogP contribution in [0.1, 0.15) is 13.8 Å². The number of nitrogens with zero attached hydrogens (tertiary/aromatic N) is 1. The minimum Gasteiger partial charge on any atom is -0.547 e. The molecule has 6 heteroatoms. The lowest BCUT2D eigenvalue weighted by atomic mass is 9.89. The van der Waals surface area contributed by atoms with E-state index in [2.05, 4.69) is 19.6 Å². The van der Waals surface area contributed by atoms with Crippen LogP contribution < -0.4 is 0 Å². The van der Waals surface area contributed by atoms with Gasteiger partial charge in [-0.25, -0.2) is 4.79 Å². The number of ether oxygens (including phenoxy) is 2. The molecule has 1 saturated heterocycles. The average Bonchev–Trinajstić information content (AvgIpc) is 3.09. The molecule has 0 radical (unpaired) electrons. The molecule has 20 heavy (non-hydrogen) atoms. The van der Waals surface area contributed by atoms with Crippen LogP contribution >= 0.6 is 0 Å². The van der Waals surface area contributed by atoms with E-state index in [9.17, 15) is 4.79 Å². The Bertz CT molecular complexity index is 431. The minimum atomic E-state index is -1.72. The molecule has 0 spiro atoms. The Hall–Kier alpha value is -0.853. The monoisotopic (exact) mass is 299 g/mol. The summed E-state index contributed by atoms with van der Waals surface area (Å²) in [6.45, 7) is 11.3. The number of fused-ring (bicyclic) bond motifs is 1. The van der Waals surface area contributed by atoms with Crippen molar-refractivity contribution in [3.05, 3.63) is 11.8 Å². The predicted molar refractivity (Wildman–Crippen MR) is 78.5 cm³/mol. The van der Waals surface area contributed by atoms with Gasteiger partial charge < -0.3 is 13.9 Å². The number of rotatable bonds is 5. The molecule has 2 heterocycles. The van der Waals surface area contributed by atoms with E-state index in [1.807, 2.05) is 24.8 Å². The summed E-state index contributed by atoms with van der Waals surface area (Å²) in [5.41, 5.74) is -0.597. The van der Waals surface area contributed by atoms with Crippen LogP contribution in [0.5, 0.6) is 0 Å². The van der Waals surface area contributed by atoms with E-state index in [0.717, 1.165) is 5.76 Å². The van der Waals surface area contributed by atoms with Gasteiger partial charge in [0.05, 0.1) is 12.4 Å². The van der Waals surface area contributed by atoms with Crippen LogP contribution in [0, 0.1) is 5.92 Å². The average molecular weight is 299 g/mol. The van der Waals surface area contributed by atoms with Crippen LogP contribution in [0.25, 0.3) is 0 Å². The molecule has 0 aromatic heterocycles. The Kier molecular flexibility index (Phi) is 4.01. The highest BCUT2D eigenvalue weighted by Crippen LogP contribution is 2.49. The van der Waals surface area contributed by atoms with Crippen LogP contribution in [0.4, 0.5) is 0 Å².